The third kappa shape index (κ3) is 4.24. The monoisotopic (exact) mass is 347 g/mol. The minimum Gasteiger partial charge on any atom is -0.485 e. The maximum Gasteiger partial charge on any atom is 0.351 e. The fraction of sp³-hybridized carbons (Fsp3) is 0.579. The summed E-state index contributed by atoms with van der Waals surface area (Å²) in [7, 11) is 0. The summed E-state index contributed by atoms with van der Waals surface area (Å²) in [5, 5.41) is 2.98. The lowest BCUT2D eigenvalue weighted by Gasteiger charge is -2.34. The molecule has 6 heteroatoms. The van der Waals surface area contributed by atoms with Gasteiger partial charge in [-0.1, -0.05) is 38.8 Å². The molecule has 2 aliphatic rings. The third-order valence-electron chi connectivity index (χ3n) is 5.17. The summed E-state index contributed by atoms with van der Waals surface area (Å²) in [6.07, 6.45) is 2.43. The van der Waals surface area contributed by atoms with E-state index in [9.17, 15) is 9.59 Å². The number of carbonyl (C=O) groups is 2. The van der Waals surface area contributed by atoms with E-state index in [1.807, 2.05) is 6.07 Å². The van der Waals surface area contributed by atoms with E-state index in [-0.39, 0.29) is 25.2 Å². The second-order valence-electron chi connectivity index (χ2n) is 6.91. The average Bonchev–Trinajstić information content (AvgIpc) is 2.63. The third-order valence-corrected chi connectivity index (χ3v) is 5.17. The minimum atomic E-state index is -0.851. The van der Waals surface area contributed by atoms with E-state index in [0.717, 1.165) is 12.8 Å². The molecule has 0 unspecified atom stereocenters. The van der Waals surface area contributed by atoms with Crippen LogP contribution < -0.4 is 14.8 Å². The number of esters is 1. The standard InChI is InChI=1S/C19H25NO5/c1-12-6-5-7-14(13(12)2)20-18(21)11-24-19(22)17-10-23-15-8-3-4-9-16(15)25-17/h3-4,8-9,12-14,17H,5-7,10-11H2,1-2H3,(H,20,21)/t12-,13-,14+,17+/m1/s1. The van der Waals surface area contributed by atoms with Gasteiger partial charge in [0.2, 0.25) is 6.10 Å². The molecule has 4 atom stereocenters. The van der Waals surface area contributed by atoms with Crippen molar-refractivity contribution in [2.75, 3.05) is 13.2 Å². The zero-order valence-electron chi connectivity index (χ0n) is 14.7. The van der Waals surface area contributed by atoms with Gasteiger partial charge in [0.15, 0.2) is 18.1 Å². The molecular weight excluding hydrogens is 322 g/mol. The van der Waals surface area contributed by atoms with E-state index in [1.165, 1.54) is 6.42 Å². The van der Waals surface area contributed by atoms with Crippen molar-refractivity contribution in [1.82, 2.24) is 5.32 Å². The van der Waals surface area contributed by atoms with Gasteiger partial charge >= 0.3 is 5.97 Å². The Hall–Kier alpha value is -2.24. The molecule has 25 heavy (non-hydrogen) atoms. The lowest BCUT2D eigenvalue weighted by molar-refractivity contribution is -0.158. The van der Waals surface area contributed by atoms with Crippen LogP contribution in [-0.2, 0) is 14.3 Å². The van der Waals surface area contributed by atoms with Crippen LogP contribution in [0.15, 0.2) is 24.3 Å². The summed E-state index contributed by atoms with van der Waals surface area (Å²) in [4.78, 5) is 24.2. The molecule has 3 rings (SSSR count). The Morgan fingerprint density at radius 1 is 1.20 bits per heavy atom. The summed E-state index contributed by atoms with van der Waals surface area (Å²) in [6.45, 7) is 4.15. The van der Waals surface area contributed by atoms with Crippen LogP contribution in [0.3, 0.4) is 0 Å². The van der Waals surface area contributed by atoms with Crippen molar-refractivity contribution in [3.05, 3.63) is 24.3 Å². The Bertz CT molecular complexity index is 632. The molecule has 0 saturated heterocycles. The number of para-hydroxylation sites is 2. The van der Waals surface area contributed by atoms with Gasteiger partial charge in [-0.25, -0.2) is 4.79 Å². The Morgan fingerprint density at radius 2 is 1.96 bits per heavy atom. The van der Waals surface area contributed by atoms with E-state index >= 15 is 0 Å². The van der Waals surface area contributed by atoms with Crippen LogP contribution in [0.5, 0.6) is 11.5 Å². The Labute approximate surface area is 147 Å². The van der Waals surface area contributed by atoms with E-state index in [1.54, 1.807) is 18.2 Å². The van der Waals surface area contributed by atoms with Crippen LogP contribution in [0.25, 0.3) is 0 Å². The molecule has 1 fully saturated rings. The topological polar surface area (TPSA) is 73.9 Å². The number of hydrogen-bond donors (Lipinski definition) is 1. The molecule has 1 aromatic rings. The second kappa shape index (κ2) is 7.76. The molecule has 1 aromatic carbocycles. The van der Waals surface area contributed by atoms with Gasteiger partial charge in [0.05, 0.1) is 0 Å². The molecule has 1 heterocycles. The number of nitrogens with one attached hydrogen (secondary N) is 1. The highest BCUT2D eigenvalue weighted by molar-refractivity contribution is 5.82. The van der Waals surface area contributed by atoms with Gasteiger partial charge in [0.1, 0.15) is 6.61 Å². The van der Waals surface area contributed by atoms with Crippen LogP contribution in [0, 0.1) is 11.8 Å². The van der Waals surface area contributed by atoms with Crippen molar-refractivity contribution in [3.8, 4) is 11.5 Å². The molecule has 6 nitrogen and oxygen atoms in total. The normalized spacial score (nSPS) is 28.1. The molecule has 1 aliphatic carbocycles. The number of hydrogen-bond acceptors (Lipinski definition) is 5. The van der Waals surface area contributed by atoms with Gasteiger partial charge in [-0.15, -0.1) is 0 Å². The Balaban J connectivity index is 1.45. The number of fused-ring (bicyclic) bond motifs is 1. The van der Waals surface area contributed by atoms with Gasteiger partial charge in [-0.2, -0.15) is 0 Å². The van der Waals surface area contributed by atoms with Crippen molar-refractivity contribution in [2.45, 2.75) is 45.3 Å². The Morgan fingerprint density at radius 3 is 2.76 bits per heavy atom. The summed E-state index contributed by atoms with van der Waals surface area (Å²) in [5.41, 5.74) is 0. The highest BCUT2D eigenvalue weighted by Gasteiger charge is 2.31. The molecule has 136 valence electrons. The van der Waals surface area contributed by atoms with Crippen molar-refractivity contribution in [3.63, 3.8) is 0 Å². The van der Waals surface area contributed by atoms with Gasteiger partial charge in [-0.05, 0) is 30.4 Å². The van der Waals surface area contributed by atoms with Gasteiger partial charge < -0.3 is 19.5 Å². The van der Waals surface area contributed by atoms with E-state index in [2.05, 4.69) is 19.2 Å². The van der Waals surface area contributed by atoms with E-state index in [0.29, 0.717) is 23.3 Å². The first-order chi connectivity index (χ1) is 12.0. The van der Waals surface area contributed by atoms with Gasteiger partial charge in [0, 0.05) is 6.04 Å². The fourth-order valence-corrected chi connectivity index (χ4v) is 3.40. The molecule has 0 bridgehead atoms. The molecule has 1 aliphatic heterocycles. The average molecular weight is 347 g/mol. The summed E-state index contributed by atoms with van der Waals surface area (Å²) in [6, 6.07) is 7.29. The molecule has 0 spiro atoms. The van der Waals surface area contributed by atoms with Crippen LogP contribution in [-0.4, -0.2) is 37.2 Å². The molecule has 1 N–H and O–H groups in total. The summed E-state index contributed by atoms with van der Waals surface area (Å²) >= 11 is 0. The van der Waals surface area contributed by atoms with Crippen LogP contribution in [0.2, 0.25) is 0 Å². The highest BCUT2D eigenvalue weighted by Crippen LogP contribution is 2.31. The van der Waals surface area contributed by atoms with Crippen molar-refractivity contribution in [1.29, 1.82) is 0 Å². The number of ether oxygens (including phenoxy) is 3. The predicted octanol–water partition coefficient (Wildman–Crippen LogP) is 2.31. The van der Waals surface area contributed by atoms with Gasteiger partial charge in [-0.3, -0.25) is 4.79 Å². The second-order valence-corrected chi connectivity index (χ2v) is 6.91. The SMILES string of the molecule is C[C@@H]1[C@H](C)CCC[C@@H]1NC(=O)COC(=O)[C@@H]1COc2ccccc2O1. The predicted molar refractivity (Wildman–Crippen MR) is 91.4 cm³/mol. The van der Waals surface area contributed by atoms with Crippen LogP contribution in [0.4, 0.5) is 0 Å². The quantitative estimate of drug-likeness (QED) is 0.846. The van der Waals surface area contributed by atoms with Crippen molar-refractivity contribution in [2.24, 2.45) is 11.8 Å². The van der Waals surface area contributed by atoms with Crippen molar-refractivity contribution >= 4 is 11.9 Å². The molecule has 0 radical (unpaired) electrons. The zero-order valence-corrected chi connectivity index (χ0v) is 14.7. The fourth-order valence-electron chi connectivity index (χ4n) is 3.40. The first-order valence-corrected chi connectivity index (χ1v) is 8.89. The lowest BCUT2D eigenvalue weighted by atomic mass is 9.78. The van der Waals surface area contributed by atoms with Crippen LogP contribution >= 0.6 is 0 Å². The number of carbonyl (C=O) groups excluding carboxylic acids is 2. The van der Waals surface area contributed by atoms with E-state index < -0.39 is 12.1 Å². The first kappa shape index (κ1) is 17.6. The van der Waals surface area contributed by atoms with Crippen molar-refractivity contribution < 1.29 is 23.8 Å². The lowest BCUT2D eigenvalue weighted by Crippen LogP contribution is -2.46. The summed E-state index contributed by atoms with van der Waals surface area (Å²) < 4.78 is 16.2. The number of amides is 1. The number of benzene rings is 1. The van der Waals surface area contributed by atoms with Gasteiger partial charge in [0.25, 0.3) is 5.91 Å². The van der Waals surface area contributed by atoms with E-state index in [4.69, 9.17) is 14.2 Å². The maximum atomic E-state index is 12.1. The molecular formula is C19H25NO5. The van der Waals surface area contributed by atoms with Crippen LogP contribution in [0.1, 0.15) is 33.1 Å². The largest absolute Gasteiger partial charge is 0.485 e. The smallest absolute Gasteiger partial charge is 0.351 e. The molecule has 0 aromatic heterocycles. The first-order valence-electron chi connectivity index (χ1n) is 8.89. The molecule has 1 saturated carbocycles. The summed E-state index contributed by atoms with van der Waals surface area (Å²) in [5.74, 6) is 1.27. The number of rotatable bonds is 4. The zero-order chi connectivity index (χ0) is 17.8. The molecule has 1 amide bonds. The Kier molecular flexibility index (Phi) is 5.46. The minimum absolute atomic E-state index is 0.0780. The maximum absolute atomic E-state index is 12.1. The highest BCUT2D eigenvalue weighted by atomic mass is 16.6.